The molecule has 7 aromatic rings. The minimum atomic E-state index is -0.160. The SMILES string of the molecule is c1ccc2c(c1)Oc1cc(C34CC5CC(CC(C5)C3)C4)cc3c1B2c1cc2c(cc1O3)Oc1cc(C34CC5CC(CC(C5)C3)C4)cc3c1B2c1cc2c(cc1O3)Oc1cc(C34CC5CC(CC(C5)C3)C4)cc3c1B2c1ccccc1O3. The van der Waals surface area contributed by atoms with Crippen LogP contribution in [0.1, 0.15) is 132 Å². The molecular weight excluding hydrogens is 993 g/mol. The highest BCUT2D eigenvalue weighted by Crippen LogP contribution is 2.65. The van der Waals surface area contributed by atoms with Crippen LogP contribution in [0.15, 0.2) is 109 Å². The van der Waals surface area contributed by atoms with Gasteiger partial charge in [0.2, 0.25) is 0 Å². The van der Waals surface area contributed by atoms with E-state index in [1.165, 1.54) is 154 Å². The molecule has 396 valence electrons. The van der Waals surface area contributed by atoms with E-state index in [-0.39, 0.29) is 36.4 Å². The maximum atomic E-state index is 7.51. The van der Waals surface area contributed by atoms with E-state index in [0.717, 1.165) is 150 Å². The molecule has 81 heavy (non-hydrogen) atoms. The molecule has 0 amide bonds. The van der Waals surface area contributed by atoms with Gasteiger partial charge in [-0.05, 0) is 283 Å². The zero-order chi connectivity index (χ0) is 52.0. The zero-order valence-electron chi connectivity index (χ0n) is 46.0. The van der Waals surface area contributed by atoms with Gasteiger partial charge in [-0.25, -0.2) is 0 Å². The van der Waals surface area contributed by atoms with E-state index in [1.807, 2.05) is 0 Å². The third kappa shape index (κ3) is 5.81. The summed E-state index contributed by atoms with van der Waals surface area (Å²) in [6.07, 6.45) is 24.3. The molecule has 6 nitrogen and oxygen atoms in total. The summed E-state index contributed by atoms with van der Waals surface area (Å²) in [6.45, 7) is -0.286. The van der Waals surface area contributed by atoms with E-state index in [9.17, 15) is 0 Å². The van der Waals surface area contributed by atoms with E-state index in [1.54, 1.807) is 0 Å². The van der Waals surface area contributed by atoms with Crippen LogP contribution < -0.4 is 77.6 Å². The third-order valence-electron chi connectivity index (χ3n) is 25.4. The standard InChI is InChI=1S/C72H63B3O6/c1-3-7-55-49(5-1)73-51-24-53-59(26-57(51)78-63-20-46(18-61(76-55)67(63)73)70-28-37-9-38(29-70)11-39(10-37)30-70)80-65-22-48(72-34-43-15-44(35-72)17-45(16-43)36-72)23-66-69(65)75(53)54-25-52-58(27-60(54)81-66)79-64-21-47(71-31-40-12-41(32-71)14-42(13-40)33-71)19-62-68(64)74(52)50-6-2-4-8-56(50)77-62/h1-8,18-27,37-45H,9-17,28-36H2. The molecular formula is C72H63B3O6. The van der Waals surface area contributed by atoms with Crippen molar-refractivity contribution < 1.29 is 28.4 Å². The van der Waals surface area contributed by atoms with Crippen molar-refractivity contribution in [3.63, 3.8) is 0 Å². The van der Waals surface area contributed by atoms with Crippen LogP contribution in [0.2, 0.25) is 0 Å². The highest BCUT2D eigenvalue weighted by molar-refractivity contribution is 7.02. The van der Waals surface area contributed by atoms with Crippen LogP contribution >= 0.6 is 0 Å². The molecule has 0 unspecified atom stereocenters. The number of fused-ring (bicyclic) bond motifs is 12. The maximum Gasteiger partial charge on any atom is 0.260 e. The lowest BCUT2D eigenvalue weighted by molar-refractivity contribution is -0.00542. The molecule has 7 aromatic carbocycles. The molecule has 0 spiro atoms. The number of hydrogen-bond donors (Lipinski definition) is 0. The summed E-state index contributed by atoms with van der Waals surface area (Å²) in [7, 11) is 0. The summed E-state index contributed by atoms with van der Waals surface area (Å²) in [4.78, 5) is 0. The Morgan fingerprint density at radius 1 is 0.247 bits per heavy atom. The molecule has 6 heterocycles. The second kappa shape index (κ2) is 14.8. The Kier molecular flexibility index (Phi) is 8.08. The van der Waals surface area contributed by atoms with Crippen molar-refractivity contribution in [2.75, 3.05) is 0 Å². The van der Waals surface area contributed by atoms with Gasteiger partial charge in [0, 0.05) is 28.5 Å². The van der Waals surface area contributed by atoms with Gasteiger partial charge >= 0.3 is 0 Å². The number of benzene rings is 7. The van der Waals surface area contributed by atoms with Crippen LogP contribution in [-0.2, 0) is 16.2 Å². The van der Waals surface area contributed by atoms with E-state index in [2.05, 4.69) is 109 Å². The van der Waals surface area contributed by atoms with Gasteiger partial charge in [0.15, 0.2) is 0 Å². The van der Waals surface area contributed by atoms with E-state index in [0.29, 0.717) is 0 Å². The molecule has 9 heteroatoms. The van der Waals surface area contributed by atoms with Gasteiger partial charge in [0.25, 0.3) is 20.1 Å². The van der Waals surface area contributed by atoms with E-state index < -0.39 is 0 Å². The van der Waals surface area contributed by atoms with Crippen molar-refractivity contribution >= 4 is 69.3 Å². The van der Waals surface area contributed by atoms with Gasteiger partial charge in [-0.3, -0.25) is 0 Å². The molecule has 0 N–H and O–H groups in total. The van der Waals surface area contributed by atoms with Crippen molar-refractivity contribution in [1.82, 2.24) is 0 Å². The Bertz CT molecular complexity index is 3740. The van der Waals surface area contributed by atoms with Gasteiger partial charge in [-0.15, -0.1) is 0 Å². The highest BCUT2D eigenvalue weighted by atomic mass is 16.5. The lowest BCUT2D eigenvalue weighted by Gasteiger charge is -2.57. The number of rotatable bonds is 3. The van der Waals surface area contributed by atoms with Crippen LogP contribution in [0.3, 0.4) is 0 Å². The summed E-state index contributed by atoms with van der Waals surface area (Å²) in [5, 5.41) is 0. The molecule has 18 aliphatic rings. The molecule has 25 rings (SSSR count). The molecule has 6 aliphatic heterocycles. The first kappa shape index (κ1) is 44.2. The summed E-state index contributed by atoms with van der Waals surface area (Å²) in [5.41, 5.74) is 15.3. The Hall–Kier alpha value is -6.47. The number of hydrogen-bond acceptors (Lipinski definition) is 6. The van der Waals surface area contributed by atoms with Gasteiger partial charge in [0.1, 0.15) is 69.0 Å². The molecule has 12 aliphatic carbocycles. The second-order valence-electron chi connectivity index (χ2n) is 30.1. The predicted molar refractivity (Wildman–Crippen MR) is 319 cm³/mol. The fourth-order valence-corrected chi connectivity index (χ4v) is 23.7. The molecule has 0 saturated heterocycles. The van der Waals surface area contributed by atoms with Gasteiger partial charge in [-0.2, -0.15) is 0 Å². The highest BCUT2D eigenvalue weighted by Gasteiger charge is 2.57. The molecule has 12 saturated carbocycles. The van der Waals surface area contributed by atoms with Gasteiger partial charge < -0.3 is 28.4 Å². The maximum absolute atomic E-state index is 7.51. The van der Waals surface area contributed by atoms with Crippen molar-refractivity contribution in [2.24, 2.45) is 53.3 Å². The first-order valence-electron chi connectivity index (χ1n) is 31.9. The lowest BCUT2D eigenvalue weighted by atomic mass is 9.30. The smallest absolute Gasteiger partial charge is 0.260 e. The minimum absolute atomic E-state index is 0.0630. The van der Waals surface area contributed by atoms with Crippen molar-refractivity contribution in [3.8, 4) is 69.0 Å². The normalized spacial score (nSPS) is 34.1. The Labute approximate surface area is 475 Å². The summed E-state index contributed by atoms with van der Waals surface area (Å²) >= 11 is 0. The van der Waals surface area contributed by atoms with Crippen LogP contribution in [0.5, 0.6) is 69.0 Å². The molecule has 12 bridgehead atoms. The Balaban J connectivity index is 0.733. The topological polar surface area (TPSA) is 55.4 Å². The van der Waals surface area contributed by atoms with Crippen LogP contribution in [0.25, 0.3) is 0 Å². The van der Waals surface area contributed by atoms with Crippen molar-refractivity contribution in [3.05, 3.63) is 126 Å². The fourth-order valence-electron chi connectivity index (χ4n) is 23.7. The van der Waals surface area contributed by atoms with Crippen LogP contribution in [-0.4, -0.2) is 20.1 Å². The fraction of sp³-hybridized carbons (Fsp3) is 0.417. The van der Waals surface area contributed by atoms with Gasteiger partial charge in [0.05, 0.1) is 0 Å². The minimum Gasteiger partial charge on any atom is -0.458 e. The van der Waals surface area contributed by atoms with Crippen LogP contribution in [0.4, 0.5) is 0 Å². The van der Waals surface area contributed by atoms with Crippen molar-refractivity contribution in [1.29, 1.82) is 0 Å². The monoisotopic (exact) mass is 1060 g/mol. The summed E-state index contributed by atoms with van der Waals surface area (Å²) < 4.78 is 44.0. The lowest BCUT2D eigenvalue weighted by Crippen LogP contribution is -2.63. The van der Waals surface area contributed by atoms with E-state index in [4.69, 9.17) is 28.4 Å². The molecule has 12 fully saturated rings. The van der Waals surface area contributed by atoms with Crippen LogP contribution in [0, 0.1) is 53.3 Å². The number of ether oxygens (including phenoxy) is 6. The largest absolute Gasteiger partial charge is 0.458 e. The summed E-state index contributed by atoms with van der Waals surface area (Å²) in [6, 6.07) is 41.8. The molecule has 0 aromatic heterocycles. The molecule has 0 radical (unpaired) electrons. The first-order valence-corrected chi connectivity index (χ1v) is 31.9. The van der Waals surface area contributed by atoms with Crippen molar-refractivity contribution in [2.45, 2.75) is 132 Å². The Morgan fingerprint density at radius 2 is 0.481 bits per heavy atom. The first-order chi connectivity index (χ1) is 39.8. The quantitative estimate of drug-likeness (QED) is 0.164. The number of para-hydroxylation sites is 2. The third-order valence-corrected chi connectivity index (χ3v) is 25.4. The average molecular weight is 1060 g/mol. The van der Waals surface area contributed by atoms with E-state index >= 15 is 0 Å². The van der Waals surface area contributed by atoms with Gasteiger partial charge in [-0.1, -0.05) is 48.5 Å². The molecule has 0 atom stereocenters. The summed E-state index contributed by atoms with van der Waals surface area (Å²) in [5.74, 6) is 18.6. The predicted octanol–water partition coefficient (Wildman–Crippen LogP) is 11.3. The second-order valence-corrected chi connectivity index (χ2v) is 30.1. The average Bonchev–Trinajstić information content (AvgIpc) is 3.52. The Morgan fingerprint density at radius 3 is 0.753 bits per heavy atom. The zero-order valence-corrected chi connectivity index (χ0v) is 46.0.